The molecule has 0 spiro atoms. The number of imidazole rings is 1. The molecule has 8 heteroatoms. The van der Waals surface area contributed by atoms with Crippen molar-refractivity contribution >= 4 is 16.9 Å². The first kappa shape index (κ1) is 22.2. The number of hydrogen-bond donors (Lipinski definition) is 1. The number of piperidine rings is 1. The smallest absolute Gasteiger partial charge is 0.224 e. The first-order valence-corrected chi connectivity index (χ1v) is 12.5. The standard InChI is InChI=1S/C28H28N8/c1-19(20-8-9-20)35-16-4-6-22(18-35)32-28-30-15-13-26(34-28)36-23(12-14-29)17-31-27(36)25-11-10-21-5-2-3-7-24(21)33-25/h2-3,5,7,10-11,13,15,17,20,22H,1,4,6,8-9,12,16,18H2,(H,30,32,34). The first-order chi connectivity index (χ1) is 17.7. The fourth-order valence-corrected chi connectivity index (χ4v) is 4.98. The molecule has 1 aliphatic heterocycles. The van der Waals surface area contributed by atoms with E-state index in [2.05, 4.69) is 32.8 Å². The number of anilines is 1. The van der Waals surface area contributed by atoms with Crippen LogP contribution in [0.5, 0.6) is 0 Å². The van der Waals surface area contributed by atoms with Crippen LogP contribution in [-0.4, -0.2) is 48.5 Å². The van der Waals surface area contributed by atoms with Crippen molar-refractivity contribution in [1.82, 2.24) is 29.4 Å². The summed E-state index contributed by atoms with van der Waals surface area (Å²) in [5.74, 6) is 2.56. The largest absolute Gasteiger partial charge is 0.373 e. The molecule has 1 N–H and O–H groups in total. The molecule has 2 fully saturated rings. The van der Waals surface area contributed by atoms with Gasteiger partial charge in [0.1, 0.15) is 11.5 Å². The van der Waals surface area contributed by atoms with Gasteiger partial charge >= 0.3 is 0 Å². The lowest BCUT2D eigenvalue weighted by molar-refractivity contribution is 0.258. The number of nitriles is 1. The molecule has 36 heavy (non-hydrogen) atoms. The zero-order valence-electron chi connectivity index (χ0n) is 20.1. The number of likely N-dealkylation sites (tertiary alicyclic amines) is 1. The van der Waals surface area contributed by atoms with Crippen molar-refractivity contribution in [2.24, 2.45) is 5.92 Å². The van der Waals surface area contributed by atoms with Gasteiger partial charge in [-0.15, -0.1) is 0 Å². The fraction of sp³-hybridized carbons (Fsp3) is 0.321. The van der Waals surface area contributed by atoms with E-state index < -0.39 is 0 Å². The second-order valence-electron chi connectivity index (χ2n) is 9.57. The van der Waals surface area contributed by atoms with E-state index in [1.165, 1.54) is 18.5 Å². The van der Waals surface area contributed by atoms with Crippen LogP contribution in [0.15, 0.2) is 67.1 Å². The minimum absolute atomic E-state index is 0.216. The molecule has 0 radical (unpaired) electrons. The van der Waals surface area contributed by atoms with Gasteiger partial charge in [0.2, 0.25) is 5.95 Å². The highest BCUT2D eigenvalue weighted by atomic mass is 15.2. The van der Waals surface area contributed by atoms with Crippen molar-refractivity contribution in [2.45, 2.75) is 38.1 Å². The van der Waals surface area contributed by atoms with E-state index in [4.69, 9.17) is 9.97 Å². The third-order valence-electron chi connectivity index (χ3n) is 7.00. The van der Waals surface area contributed by atoms with Crippen LogP contribution >= 0.6 is 0 Å². The Morgan fingerprint density at radius 2 is 1.97 bits per heavy atom. The number of aromatic nitrogens is 5. The lowest BCUT2D eigenvalue weighted by Gasteiger charge is -2.36. The molecule has 1 saturated heterocycles. The predicted molar refractivity (Wildman–Crippen MR) is 139 cm³/mol. The van der Waals surface area contributed by atoms with Gasteiger partial charge < -0.3 is 10.2 Å². The van der Waals surface area contributed by atoms with Crippen LogP contribution in [-0.2, 0) is 6.42 Å². The molecule has 1 unspecified atom stereocenters. The van der Waals surface area contributed by atoms with E-state index in [1.807, 2.05) is 47.0 Å². The lowest BCUT2D eigenvalue weighted by Crippen LogP contribution is -2.42. The maximum atomic E-state index is 9.43. The zero-order chi connectivity index (χ0) is 24.5. The second kappa shape index (κ2) is 9.42. The van der Waals surface area contributed by atoms with Gasteiger partial charge in [0.15, 0.2) is 5.82 Å². The second-order valence-corrected chi connectivity index (χ2v) is 9.57. The summed E-state index contributed by atoms with van der Waals surface area (Å²) in [6.07, 6.45) is 8.42. The predicted octanol–water partition coefficient (Wildman–Crippen LogP) is 4.74. The molecule has 0 bridgehead atoms. The highest BCUT2D eigenvalue weighted by Gasteiger charge is 2.31. The summed E-state index contributed by atoms with van der Waals surface area (Å²) in [5.41, 5.74) is 3.67. The molecule has 3 aromatic heterocycles. The van der Waals surface area contributed by atoms with Crippen molar-refractivity contribution in [3.63, 3.8) is 0 Å². The number of nitrogens with zero attached hydrogens (tertiary/aromatic N) is 7. The van der Waals surface area contributed by atoms with Crippen LogP contribution in [0.1, 0.15) is 31.4 Å². The maximum absolute atomic E-state index is 9.43. The fourth-order valence-electron chi connectivity index (χ4n) is 4.98. The van der Waals surface area contributed by atoms with Gasteiger partial charge in [-0.05, 0) is 49.8 Å². The van der Waals surface area contributed by atoms with Crippen molar-refractivity contribution < 1.29 is 0 Å². The number of hydrogen-bond acceptors (Lipinski definition) is 7. The molecule has 4 heterocycles. The van der Waals surface area contributed by atoms with Crippen molar-refractivity contribution in [2.75, 3.05) is 18.4 Å². The van der Waals surface area contributed by atoms with E-state index >= 15 is 0 Å². The number of rotatable bonds is 7. The molecular formula is C28H28N8. The van der Waals surface area contributed by atoms with Gasteiger partial charge in [0, 0.05) is 36.4 Å². The average molecular weight is 477 g/mol. The average Bonchev–Trinajstić information content (AvgIpc) is 3.68. The van der Waals surface area contributed by atoms with Gasteiger partial charge in [-0.1, -0.05) is 30.8 Å². The summed E-state index contributed by atoms with van der Waals surface area (Å²) in [7, 11) is 0. The minimum atomic E-state index is 0.216. The normalized spacial score (nSPS) is 17.6. The Kier molecular flexibility index (Phi) is 5.82. The van der Waals surface area contributed by atoms with Crippen LogP contribution in [0.2, 0.25) is 0 Å². The van der Waals surface area contributed by atoms with E-state index in [9.17, 15) is 5.26 Å². The molecule has 6 rings (SSSR count). The molecular weight excluding hydrogens is 448 g/mol. The topological polar surface area (TPSA) is 95.6 Å². The summed E-state index contributed by atoms with van der Waals surface area (Å²) < 4.78 is 1.91. The van der Waals surface area contributed by atoms with Crippen molar-refractivity contribution in [3.05, 3.63) is 72.8 Å². The van der Waals surface area contributed by atoms with Crippen molar-refractivity contribution in [1.29, 1.82) is 5.26 Å². The monoisotopic (exact) mass is 476 g/mol. The molecule has 180 valence electrons. The Bertz CT molecular complexity index is 1460. The Morgan fingerprint density at radius 3 is 2.83 bits per heavy atom. The van der Waals surface area contributed by atoms with E-state index in [1.54, 1.807) is 12.4 Å². The highest BCUT2D eigenvalue weighted by molar-refractivity contribution is 5.80. The van der Waals surface area contributed by atoms with E-state index in [0.717, 1.165) is 48.2 Å². The molecule has 1 aliphatic carbocycles. The van der Waals surface area contributed by atoms with E-state index in [0.29, 0.717) is 23.5 Å². The SMILES string of the molecule is C=C(C1CC1)N1CCCC(Nc2nccc(-n3c(CC#N)cnc3-c3ccc4ccccc4n3)n2)C1. The number of para-hydroxylation sites is 1. The Hall–Kier alpha value is -4.25. The lowest BCUT2D eigenvalue weighted by atomic mass is 10.0. The molecule has 1 atom stereocenters. The molecule has 4 aromatic rings. The Labute approximate surface area is 210 Å². The third kappa shape index (κ3) is 4.40. The summed E-state index contributed by atoms with van der Waals surface area (Å²) in [5, 5.41) is 14.0. The molecule has 8 nitrogen and oxygen atoms in total. The minimum Gasteiger partial charge on any atom is -0.373 e. The molecule has 0 amide bonds. The molecule has 2 aliphatic rings. The number of benzene rings is 1. The van der Waals surface area contributed by atoms with Gasteiger partial charge in [-0.3, -0.25) is 4.57 Å². The van der Waals surface area contributed by atoms with Crippen LogP contribution in [0.4, 0.5) is 5.95 Å². The summed E-state index contributed by atoms with van der Waals surface area (Å²) in [4.78, 5) is 21.2. The quantitative estimate of drug-likeness (QED) is 0.411. The summed E-state index contributed by atoms with van der Waals surface area (Å²) in [6.45, 7) is 6.33. The van der Waals surface area contributed by atoms with Gasteiger partial charge in [-0.25, -0.2) is 15.0 Å². The first-order valence-electron chi connectivity index (χ1n) is 12.5. The zero-order valence-corrected chi connectivity index (χ0v) is 20.1. The van der Waals surface area contributed by atoms with Crippen LogP contribution in [0.25, 0.3) is 28.2 Å². The molecule has 1 saturated carbocycles. The number of allylic oxidation sites excluding steroid dienone is 1. The molecule has 1 aromatic carbocycles. The maximum Gasteiger partial charge on any atom is 0.224 e. The van der Waals surface area contributed by atoms with Gasteiger partial charge in [0.05, 0.1) is 29.9 Å². The van der Waals surface area contributed by atoms with Gasteiger partial charge in [-0.2, -0.15) is 10.2 Å². The Morgan fingerprint density at radius 1 is 1.08 bits per heavy atom. The summed E-state index contributed by atoms with van der Waals surface area (Å²) in [6, 6.07) is 16.3. The van der Waals surface area contributed by atoms with Crippen LogP contribution in [0.3, 0.4) is 0 Å². The number of nitrogens with one attached hydrogen (secondary N) is 1. The van der Waals surface area contributed by atoms with Gasteiger partial charge in [0.25, 0.3) is 0 Å². The Balaban J connectivity index is 1.30. The third-order valence-corrected chi connectivity index (χ3v) is 7.00. The highest BCUT2D eigenvalue weighted by Crippen LogP contribution is 2.38. The number of fused-ring (bicyclic) bond motifs is 1. The van der Waals surface area contributed by atoms with Crippen LogP contribution < -0.4 is 5.32 Å². The number of pyridine rings is 1. The van der Waals surface area contributed by atoms with Crippen molar-refractivity contribution in [3.8, 4) is 23.4 Å². The van der Waals surface area contributed by atoms with E-state index in [-0.39, 0.29) is 12.5 Å². The van der Waals surface area contributed by atoms with Crippen LogP contribution in [0, 0.1) is 17.2 Å². The summed E-state index contributed by atoms with van der Waals surface area (Å²) >= 11 is 0.